The molecule has 154 valence electrons. The van der Waals surface area contributed by atoms with Gasteiger partial charge in [0.25, 0.3) is 0 Å². The van der Waals surface area contributed by atoms with Gasteiger partial charge >= 0.3 is 0 Å². The van der Waals surface area contributed by atoms with Crippen molar-refractivity contribution < 1.29 is 13.2 Å². The number of hydrogen-bond donors (Lipinski definition) is 2. The zero-order valence-corrected chi connectivity index (χ0v) is 18.0. The summed E-state index contributed by atoms with van der Waals surface area (Å²) in [7, 11) is -3.50. The average Bonchev–Trinajstić information content (AvgIpc) is 2.67. The number of rotatable bonds is 8. The van der Waals surface area contributed by atoms with Crippen LogP contribution in [0.5, 0.6) is 5.75 Å². The molecule has 7 heteroatoms. The van der Waals surface area contributed by atoms with E-state index in [2.05, 4.69) is 15.0 Å². The second-order valence-corrected chi connectivity index (χ2v) is 9.09. The molecule has 0 amide bonds. The summed E-state index contributed by atoms with van der Waals surface area (Å²) in [4.78, 5) is 4.83. The highest BCUT2D eigenvalue weighted by molar-refractivity contribution is 7.89. The molecule has 0 aliphatic heterocycles. The molecule has 0 radical (unpaired) electrons. The van der Waals surface area contributed by atoms with Crippen LogP contribution in [0.4, 0.5) is 11.4 Å². The van der Waals surface area contributed by atoms with E-state index >= 15 is 0 Å². The molecular formula is C22H27N3O3S. The van der Waals surface area contributed by atoms with E-state index in [4.69, 9.17) is 4.74 Å². The van der Waals surface area contributed by atoms with Gasteiger partial charge in [-0.1, -0.05) is 13.8 Å². The summed E-state index contributed by atoms with van der Waals surface area (Å²) in [6, 6.07) is 14.5. The second kappa shape index (κ2) is 8.80. The molecule has 0 aliphatic carbocycles. The number of aromatic nitrogens is 1. The molecule has 29 heavy (non-hydrogen) atoms. The van der Waals surface area contributed by atoms with Crippen molar-refractivity contribution in [2.45, 2.75) is 32.6 Å². The van der Waals surface area contributed by atoms with Crippen LogP contribution in [-0.2, 0) is 10.0 Å². The minimum atomic E-state index is -3.50. The molecule has 0 bridgehead atoms. The maximum atomic E-state index is 12.4. The molecule has 0 aliphatic rings. The molecule has 1 aromatic heterocycles. The van der Waals surface area contributed by atoms with E-state index in [1.807, 2.05) is 52.0 Å². The van der Waals surface area contributed by atoms with Crippen molar-refractivity contribution in [2.75, 3.05) is 18.5 Å². The van der Waals surface area contributed by atoms with E-state index in [1.165, 1.54) is 0 Å². The smallest absolute Gasteiger partial charge is 0.240 e. The number of aryl methyl sites for hydroxylation is 1. The van der Waals surface area contributed by atoms with Gasteiger partial charge in [-0.2, -0.15) is 0 Å². The first-order chi connectivity index (χ1) is 13.8. The zero-order valence-electron chi connectivity index (χ0n) is 17.2. The number of pyridine rings is 1. The van der Waals surface area contributed by atoms with Crippen LogP contribution in [0.25, 0.3) is 10.9 Å². The predicted molar refractivity (Wildman–Crippen MR) is 117 cm³/mol. The molecule has 2 N–H and O–H groups in total. The standard InChI is InChI=1S/C22H27N3O3S/c1-5-28-18-8-11-21-20(13-18)22(12-16(4)24-21)25-17-6-9-19(10-7-17)29(26,27)23-14-15(2)3/h6-13,15,23H,5,14H2,1-4H3,(H,24,25). The first-order valence-corrected chi connectivity index (χ1v) is 11.2. The van der Waals surface area contributed by atoms with Crippen LogP contribution in [0, 0.1) is 12.8 Å². The van der Waals surface area contributed by atoms with Crippen LogP contribution in [0.15, 0.2) is 53.4 Å². The van der Waals surface area contributed by atoms with Crippen molar-refractivity contribution in [1.29, 1.82) is 0 Å². The molecule has 2 aromatic carbocycles. The van der Waals surface area contributed by atoms with Gasteiger partial charge in [0, 0.05) is 29.0 Å². The number of benzene rings is 2. The minimum Gasteiger partial charge on any atom is -0.494 e. The van der Waals surface area contributed by atoms with Gasteiger partial charge in [0.05, 0.1) is 17.0 Å². The summed E-state index contributed by atoms with van der Waals surface area (Å²) in [6.45, 7) is 8.82. The van der Waals surface area contributed by atoms with Gasteiger partial charge in [-0.15, -0.1) is 0 Å². The van der Waals surface area contributed by atoms with Crippen LogP contribution >= 0.6 is 0 Å². The Labute approximate surface area is 172 Å². The summed E-state index contributed by atoms with van der Waals surface area (Å²) >= 11 is 0. The normalized spacial score (nSPS) is 11.8. The van der Waals surface area contributed by atoms with Gasteiger partial charge in [-0.05, 0) is 68.3 Å². The Bertz CT molecular complexity index is 1090. The Hall–Kier alpha value is -2.64. The summed E-state index contributed by atoms with van der Waals surface area (Å²) in [6.07, 6.45) is 0. The van der Waals surface area contributed by atoms with Gasteiger partial charge in [-0.3, -0.25) is 4.98 Å². The topological polar surface area (TPSA) is 80.3 Å². The third kappa shape index (κ3) is 5.25. The second-order valence-electron chi connectivity index (χ2n) is 7.32. The van der Waals surface area contributed by atoms with Gasteiger partial charge in [-0.25, -0.2) is 13.1 Å². The van der Waals surface area contributed by atoms with Gasteiger partial charge in [0.2, 0.25) is 10.0 Å². The quantitative estimate of drug-likeness (QED) is 0.563. The number of fused-ring (bicyclic) bond motifs is 1. The number of ether oxygens (including phenoxy) is 1. The lowest BCUT2D eigenvalue weighted by atomic mass is 10.1. The summed E-state index contributed by atoms with van der Waals surface area (Å²) < 4.78 is 33.0. The molecule has 0 saturated carbocycles. The van der Waals surface area contributed by atoms with Crippen LogP contribution in [0.3, 0.4) is 0 Å². The van der Waals surface area contributed by atoms with E-state index in [9.17, 15) is 8.42 Å². The van der Waals surface area contributed by atoms with E-state index in [-0.39, 0.29) is 10.8 Å². The SMILES string of the molecule is CCOc1ccc2nc(C)cc(Nc3ccc(S(=O)(=O)NCC(C)C)cc3)c2c1. The lowest BCUT2D eigenvalue weighted by molar-refractivity contribution is 0.340. The Morgan fingerprint density at radius 2 is 1.79 bits per heavy atom. The summed E-state index contributed by atoms with van der Waals surface area (Å²) in [5.74, 6) is 1.03. The number of nitrogens with one attached hydrogen (secondary N) is 2. The van der Waals surface area contributed by atoms with Crippen molar-refractivity contribution in [3.05, 3.63) is 54.2 Å². The molecule has 0 saturated heterocycles. The third-order valence-corrected chi connectivity index (χ3v) is 5.78. The Morgan fingerprint density at radius 3 is 2.45 bits per heavy atom. The molecule has 0 unspecified atom stereocenters. The molecular weight excluding hydrogens is 386 g/mol. The Balaban J connectivity index is 1.88. The van der Waals surface area contributed by atoms with Crippen molar-refractivity contribution in [2.24, 2.45) is 5.92 Å². The van der Waals surface area contributed by atoms with Gasteiger partial charge < -0.3 is 10.1 Å². The number of nitrogens with zero attached hydrogens (tertiary/aromatic N) is 1. The van der Waals surface area contributed by atoms with Crippen molar-refractivity contribution in [1.82, 2.24) is 9.71 Å². The molecule has 1 heterocycles. The lowest BCUT2D eigenvalue weighted by Gasteiger charge is -2.13. The molecule has 3 rings (SSSR count). The van der Waals surface area contributed by atoms with Crippen molar-refractivity contribution in [3.8, 4) is 5.75 Å². The van der Waals surface area contributed by atoms with Crippen LogP contribution in [0.2, 0.25) is 0 Å². The highest BCUT2D eigenvalue weighted by Crippen LogP contribution is 2.30. The molecule has 0 fully saturated rings. The first-order valence-electron chi connectivity index (χ1n) is 9.69. The largest absolute Gasteiger partial charge is 0.494 e. The van der Waals surface area contributed by atoms with Crippen LogP contribution < -0.4 is 14.8 Å². The monoisotopic (exact) mass is 413 g/mol. The van der Waals surface area contributed by atoms with Gasteiger partial charge in [0.1, 0.15) is 5.75 Å². The molecule has 0 spiro atoms. The molecule has 6 nitrogen and oxygen atoms in total. The number of sulfonamides is 1. The number of anilines is 2. The fourth-order valence-corrected chi connectivity index (χ4v) is 4.14. The van der Waals surface area contributed by atoms with Crippen molar-refractivity contribution >= 4 is 32.3 Å². The minimum absolute atomic E-state index is 0.246. The highest BCUT2D eigenvalue weighted by Gasteiger charge is 2.14. The number of hydrogen-bond acceptors (Lipinski definition) is 5. The molecule has 3 aromatic rings. The van der Waals surface area contributed by atoms with E-state index in [0.29, 0.717) is 13.2 Å². The maximum absolute atomic E-state index is 12.4. The first kappa shape index (κ1) is 21.1. The highest BCUT2D eigenvalue weighted by atomic mass is 32.2. The zero-order chi connectivity index (χ0) is 21.0. The Kier molecular flexibility index (Phi) is 6.39. The lowest BCUT2D eigenvalue weighted by Crippen LogP contribution is -2.27. The van der Waals surface area contributed by atoms with E-state index in [0.717, 1.165) is 33.7 Å². The predicted octanol–water partition coefficient (Wildman–Crippen LogP) is 4.62. The fourth-order valence-electron chi connectivity index (χ4n) is 2.93. The van der Waals surface area contributed by atoms with Crippen LogP contribution in [-0.4, -0.2) is 26.6 Å². The van der Waals surface area contributed by atoms with Gasteiger partial charge in [0.15, 0.2) is 0 Å². The fraction of sp³-hybridized carbons (Fsp3) is 0.318. The molecule has 0 atom stereocenters. The van der Waals surface area contributed by atoms with Crippen LogP contribution in [0.1, 0.15) is 26.5 Å². The Morgan fingerprint density at radius 1 is 1.07 bits per heavy atom. The maximum Gasteiger partial charge on any atom is 0.240 e. The van der Waals surface area contributed by atoms with E-state index < -0.39 is 10.0 Å². The summed E-state index contributed by atoms with van der Waals surface area (Å²) in [5.41, 5.74) is 3.44. The summed E-state index contributed by atoms with van der Waals surface area (Å²) in [5, 5.41) is 4.32. The average molecular weight is 414 g/mol. The van der Waals surface area contributed by atoms with Crippen molar-refractivity contribution in [3.63, 3.8) is 0 Å². The van der Waals surface area contributed by atoms with E-state index in [1.54, 1.807) is 24.3 Å². The third-order valence-electron chi connectivity index (χ3n) is 4.34.